The number of hydrogen-bond donors (Lipinski definition) is 0. The molecule has 0 amide bonds. The van der Waals surface area contributed by atoms with Crippen molar-refractivity contribution in [1.29, 1.82) is 0 Å². The lowest BCUT2D eigenvalue weighted by Crippen LogP contribution is -1.85. The van der Waals surface area contributed by atoms with Crippen molar-refractivity contribution in [3.05, 3.63) is 42.8 Å². The van der Waals surface area contributed by atoms with E-state index in [1.54, 1.807) is 6.20 Å². The van der Waals surface area contributed by atoms with Crippen molar-refractivity contribution in [2.24, 2.45) is 0 Å². The topological polar surface area (TPSA) is 51.6 Å². The van der Waals surface area contributed by atoms with Gasteiger partial charge >= 0.3 is 0 Å². The van der Waals surface area contributed by atoms with Crippen LogP contribution in [0.1, 0.15) is 5.69 Å². The molecule has 0 unspecified atom stereocenters. The van der Waals surface area contributed by atoms with Gasteiger partial charge in [-0.15, -0.1) is 0 Å². The minimum absolute atomic E-state index is 0.156. The summed E-state index contributed by atoms with van der Waals surface area (Å²) in [6, 6.07) is 0. The first-order valence-corrected chi connectivity index (χ1v) is 7.10. The molecule has 96 valence electrons. The average molecular weight is 435 g/mol. The largest absolute Gasteiger partial charge is 0.225 e. The highest BCUT2D eigenvalue weighted by atomic mass is 79.9. The highest BCUT2D eigenvalue weighted by Gasteiger charge is 1.97. The van der Waals surface area contributed by atoms with Crippen LogP contribution >= 0.6 is 66.7 Å². The molecule has 0 spiro atoms. The normalized spacial score (nSPS) is 9.67. The summed E-state index contributed by atoms with van der Waals surface area (Å²) >= 11 is 22.8. The molecule has 2 aromatic heterocycles. The smallest absolute Gasteiger partial charge is 0.223 e. The third-order valence-corrected chi connectivity index (χ3v) is 3.80. The molecule has 0 N–H and O–H groups in total. The van der Waals surface area contributed by atoms with Crippen molar-refractivity contribution in [1.82, 2.24) is 19.9 Å². The van der Waals surface area contributed by atoms with Crippen molar-refractivity contribution in [2.45, 2.75) is 6.92 Å². The lowest BCUT2D eigenvalue weighted by atomic mass is 10.5. The van der Waals surface area contributed by atoms with Crippen molar-refractivity contribution in [2.75, 3.05) is 0 Å². The molecule has 4 nitrogen and oxygen atoms in total. The molecule has 2 rings (SSSR count). The summed E-state index contributed by atoms with van der Waals surface area (Å²) in [6.45, 7) is 1.86. The van der Waals surface area contributed by atoms with Crippen molar-refractivity contribution < 1.29 is 0 Å². The molecular formula is C9H5Br2Cl3N4. The van der Waals surface area contributed by atoms with Gasteiger partial charge in [-0.2, -0.15) is 0 Å². The Bertz CT molecular complexity index is 504. The number of aryl methyl sites for hydroxylation is 1. The maximum absolute atomic E-state index is 5.53. The van der Waals surface area contributed by atoms with Gasteiger partial charge in [-0.25, -0.2) is 19.9 Å². The maximum Gasteiger partial charge on any atom is 0.223 e. The molecule has 0 aliphatic carbocycles. The van der Waals surface area contributed by atoms with Gasteiger partial charge in [0.15, 0.2) is 0 Å². The Morgan fingerprint density at radius 3 is 1.78 bits per heavy atom. The standard InChI is InChI=1S/C5H4BrClN2.C4HBrCl2N2/c1-3-4(6)2-8-5(7)9-3;5-2-1-8-4(7)9-3(2)6/h2H,1H3;1H. The van der Waals surface area contributed by atoms with E-state index in [1.807, 2.05) is 6.92 Å². The maximum atomic E-state index is 5.53. The van der Waals surface area contributed by atoms with Crippen LogP contribution in [0, 0.1) is 6.92 Å². The fraction of sp³-hybridized carbons (Fsp3) is 0.111. The minimum atomic E-state index is 0.156. The van der Waals surface area contributed by atoms with Crippen molar-refractivity contribution >= 4 is 66.7 Å². The van der Waals surface area contributed by atoms with E-state index in [9.17, 15) is 0 Å². The Kier molecular flexibility index (Phi) is 6.73. The fourth-order valence-corrected chi connectivity index (χ4v) is 1.61. The van der Waals surface area contributed by atoms with Gasteiger partial charge in [0, 0.05) is 12.4 Å². The monoisotopic (exact) mass is 432 g/mol. The van der Waals surface area contributed by atoms with Crippen LogP contribution in [0.25, 0.3) is 0 Å². The lowest BCUT2D eigenvalue weighted by molar-refractivity contribution is 1.08. The predicted octanol–water partition coefficient (Wildman–Crippen LogP) is 4.75. The summed E-state index contributed by atoms with van der Waals surface area (Å²) < 4.78 is 1.53. The van der Waals surface area contributed by atoms with Crippen LogP contribution in [-0.2, 0) is 0 Å². The molecule has 0 aromatic carbocycles. The van der Waals surface area contributed by atoms with Crippen LogP contribution in [0.15, 0.2) is 21.3 Å². The summed E-state index contributed by atoms with van der Waals surface area (Å²) in [4.78, 5) is 14.9. The first-order chi connectivity index (χ1) is 8.40. The Hall–Kier alpha value is -0.0100. The molecule has 0 aliphatic rings. The fourth-order valence-electron chi connectivity index (χ4n) is 0.750. The second-order valence-corrected chi connectivity index (χ2v) is 5.59. The van der Waals surface area contributed by atoms with Gasteiger partial charge < -0.3 is 0 Å². The number of aromatic nitrogens is 4. The van der Waals surface area contributed by atoms with Crippen LogP contribution in [0.5, 0.6) is 0 Å². The van der Waals surface area contributed by atoms with Gasteiger partial charge in [-0.3, -0.25) is 0 Å². The summed E-state index contributed by atoms with van der Waals surface area (Å²) in [7, 11) is 0. The number of rotatable bonds is 0. The zero-order chi connectivity index (χ0) is 13.7. The van der Waals surface area contributed by atoms with Crippen LogP contribution in [0.2, 0.25) is 15.7 Å². The predicted molar refractivity (Wildman–Crippen MR) is 79.2 cm³/mol. The van der Waals surface area contributed by atoms with Gasteiger partial charge in [0.05, 0.1) is 14.6 Å². The summed E-state index contributed by atoms with van der Waals surface area (Å²) in [6.07, 6.45) is 3.13. The molecule has 0 bridgehead atoms. The Morgan fingerprint density at radius 2 is 1.39 bits per heavy atom. The zero-order valence-corrected chi connectivity index (χ0v) is 14.3. The summed E-state index contributed by atoms with van der Waals surface area (Å²) in [5.74, 6) is 0. The van der Waals surface area contributed by atoms with Crippen LogP contribution in [-0.4, -0.2) is 19.9 Å². The highest BCUT2D eigenvalue weighted by Crippen LogP contribution is 2.19. The summed E-state index contributed by atoms with van der Waals surface area (Å²) in [5, 5.41) is 0.772. The summed E-state index contributed by atoms with van der Waals surface area (Å²) in [5.41, 5.74) is 0.856. The molecule has 0 saturated carbocycles. The van der Waals surface area contributed by atoms with Gasteiger partial charge in [0.1, 0.15) is 5.15 Å². The lowest BCUT2D eigenvalue weighted by Gasteiger charge is -1.93. The molecule has 2 heterocycles. The minimum Gasteiger partial charge on any atom is -0.225 e. The van der Waals surface area contributed by atoms with Crippen LogP contribution in [0.3, 0.4) is 0 Å². The van der Waals surface area contributed by atoms with Crippen LogP contribution < -0.4 is 0 Å². The number of nitrogens with zero attached hydrogens (tertiary/aromatic N) is 4. The highest BCUT2D eigenvalue weighted by molar-refractivity contribution is 9.10. The molecule has 0 aliphatic heterocycles. The first-order valence-electron chi connectivity index (χ1n) is 4.38. The van der Waals surface area contributed by atoms with E-state index in [0.29, 0.717) is 9.63 Å². The van der Waals surface area contributed by atoms with E-state index >= 15 is 0 Å². The van der Waals surface area contributed by atoms with E-state index in [1.165, 1.54) is 6.20 Å². The molecule has 2 aromatic rings. The van der Waals surface area contributed by atoms with E-state index in [2.05, 4.69) is 51.8 Å². The molecular weight excluding hydrogens is 430 g/mol. The number of halogens is 5. The Labute approximate surface area is 135 Å². The van der Waals surface area contributed by atoms with E-state index in [4.69, 9.17) is 34.8 Å². The quantitative estimate of drug-likeness (QED) is 0.443. The average Bonchev–Trinajstić information content (AvgIpc) is 2.30. The van der Waals surface area contributed by atoms with Crippen molar-refractivity contribution in [3.63, 3.8) is 0 Å². The van der Waals surface area contributed by atoms with Crippen LogP contribution in [0.4, 0.5) is 0 Å². The van der Waals surface area contributed by atoms with E-state index in [-0.39, 0.29) is 10.6 Å². The van der Waals surface area contributed by atoms with E-state index in [0.717, 1.165) is 10.2 Å². The second-order valence-electron chi connectivity index (χ2n) is 2.85. The Balaban J connectivity index is 0.000000180. The van der Waals surface area contributed by atoms with Gasteiger partial charge in [0.25, 0.3) is 0 Å². The second kappa shape index (κ2) is 7.55. The molecule has 9 heteroatoms. The van der Waals surface area contributed by atoms with E-state index < -0.39 is 0 Å². The van der Waals surface area contributed by atoms with Gasteiger partial charge in [0.2, 0.25) is 10.6 Å². The third kappa shape index (κ3) is 5.32. The van der Waals surface area contributed by atoms with Crippen molar-refractivity contribution in [3.8, 4) is 0 Å². The first kappa shape index (κ1) is 16.0. The third-order valence-electron chi connectivity index (χ3n) is 1.56. The van der Waals surface area contributed by atoms with Gasteiger partial charge in [-0.1, -0.05) is 11.6 Å². The number of hydrogen-bond acceptors (Lipinski definition) is 4. The molecule has 0 atom stereocenters. The molecule has 18 heavy (non-hydrogen) atoms. The molecule has 0 fully saturated rings. The molecule has 0 saturated heterocycles. The van der Waals surface area contributed by atoms with Gasteiger partial charge in [-0.05, 0) is 62.0 Å². The molecule has 0 radical (unpaired) electrons. The Morgan fingerprint density at radius 1 is 0.889 bits per heavy atom. The zero-order valence-electron chi connectivity index (χ0n) is 8.83. The SMILES string of the molecule is Cc1nc(Cl)ncc1Br.Clc1ncc(Br)c(Cl)n1.